The van der Waals surface area contributed by atoms with E-state index in [1.54, 1.807) is 0 Å². The van der Waals surface area contributed by atoms with Gasteiger partial charge in [0.15, 0.2) is 0 Å². The Morgan fingerprint density at radius 3 is 1.56 bits per heavy atom. The van der Waals surface area contributed by atoms with Gasteiger partial charge in [0.1, 0.15) is 0 Å². The number of hydrogen-bond acceptors (Lipinski definition) is 0. The summed E-state index contributed by atoms with van der Waals surface area (Å²) in [6, 6.07) is 20.8. The maximum Gasteiger partial charge on any atom is -0.0281 e. The predicted octanol–water partition coefficient (Wildman–Crippen LogP) is 5.44. The molecule has 0 nitrogen and oxygen atoms in total. The van der Waals surface area contributed by atoms with Crippen molar-refractivity contribution in [1.82, 2.24) is 0 Å². The molecule has 0 N–H and O–H groups in total. The van der Waals surface area contributed by atoms with Gasteiger partial charge in [-0.1, -0.05) is 79.6 Å². The zero-order chi connectivity index (χ0) is 13.6. The first-order valence-electron chi connectivity index (χ1n) is 6.38. The molecule has 0 atom stereocenters. The fourth-order valence-corrected chi connectivity index (χ4v) is 1.47. The third kappa shape index (κ3) is 8.35. The topological polar surface area (TPSA) is 0 Å². The van der Waals surface area contributed by atoms with E-state index in [1.165, 1.54) is 24.0 Å². The fourth-order valence-electron chi connectivity index (χ4n) is 1.47. The summed E-state index contributed by atoms with van der Waals surface area (Å²) in [7, 11) is 0. The Bertz CT molecular complexity index is 375. The van der Waals surface area contributed by atoms with E-state index >= 15 is 0 Å². The summed E-state index contributed by atoms with van der Waals surface area (Å²) in [5.74, 6) is 0. The van der Waals surface area contributed by atoms with Gasteiger partial charge in [0.2, 0.25) is 0 Å². The van der Waals surface area contributed by atoms with Gasteiger partial charge in [0, 0.05) is 0 Å². The SMILES string of the molecule is C=C.CCCc1ccccc1.Cc1ccccc1. The van der Waals surface area contributed by atoms with Crippen LogP contribution in [0.25, 0.3) is 0 Å². The molecule has 2 rings (SSSR count). The summed E-state index contributed by atoms with van der Waals surface area (Å²) >= 11 is 0. The average molecular weight is 240 g/mol. The summed E-state index contributed by atoms with van der Waals surface area (Å²) in [5.41, 5.74) is 2.77. The van der Waals surface area contributed by atoms with E-state index in [0.717, 1.165) is 0 Å². The molecule has 0 unspecified atom stereocenters. The molecule has 0 spiro atoms. The van der Waals surface area contributed by atoms with Crippen molar-refractivity contribution in [3.05, 3.63) is 84.9 Å². The number of hydrogen-bond donors (Lipinski definition) is 0. The van der Waals surface area contributed by atoms with E-state index < -0.39 is 0 Å². The quantitative estimate of drug-likeness (QED) is 0.613. The third-order valence-electron chi connectivity index (χ3n) is 2.32. The lowest BCUT2D eigenvalue weighted by Crippen LogP contribution is -1.78. The lowest BCUT2D eigenvalue weighted by atomic mass is 10.1. The van der Waals surface area contributed by atoms with Crippen molar-refractivity contribution in [2.24, 2.45) is 0 Å². The maximum absolute atomic E-state index is 3.00. The van der Waals surface area contributed by atoms with E-state index in [-0.39, 0.29) is 0 Å². The van der Waals surface area contributed by atoms with Gasteiger partial charge in [-0.05, 0) is 18.9 Å². The van der Waals surface area contributed by atoms with Crippen molar-refractivity contribution >= 4 is 0 Å². The molecule has 0 radical (unpaired) electrons. The highest BCUT2D eigenvalue weighted by Gasteiger charge is 1.84. The minimum absolute atomic E-state index is 1.21. The van der Waals surface area contributed by atoms with E-state index in [4.69, 9.17) is 0 Å². The van der Waals surface area contributed by atoms with Gasteiger partial charge in [-0.25, -0.2) is 0 Å². The van der Waals surface area contributed by atoms with Gasteiger partial charge in [0.25, 0.3) is 0 Å². The van der Waals surface area contributed by atoms with Gasteiger partial charge in [0.05, 0.1) is 0 Å². The zero-order valence-corrected chi connectivity index (χ0v) is 11.6. The second-order valence-electron chi connectivity index (χ2n) is 3.89. The molecule has 0 aliphatic heterocycles. The number of rotatable bonds is 2. The molecule has 0 bridgehead atoms. The second kappa shape index (κ2) is 11.7. The molecular weight excluding hydrogens is 216 g/mol. The van der Waals surface area contributed by atoms with Crippen LogP contribution < -0.4 is 0 Å². The highest BCUT2D eigenvalue weighted by atomic mass is 13.9. The smallest absolute Gasteiger partial charge is 0.0281 e. The summed E-state index contributed by atoms with van der Waals surface area (Å²) < 4.78 is 0. The average Bonchev–Trinajstić information content (AvgIpc) is 2.44. The molecule has 0 heterocycles. The highest BCUT2D eigenvalue weighted by Crippen LogP contribution is 2.00. The van der Waals surface area contributed by atoms with Crippen molar-refractivity contribution in [3.8, 4) is 0 Å². The summed E-state index contributed by atoms with van der Waals surface area (Å²) in [6.45, 7) is 10.3. The fraction of sp³-hybridized carbons (Fsp3) is 0.222. The molecular formula is C18H24. The van der Waals surface area contributed by atoms with Crippen LogP contribution >= 0.6 is 0 Å². The molecule has 0 amide bonds. The summed E-state index contributed by atoms with van der Waals surface area (Å²) in [6.07, 6.45) is 2.45. The highest BCUT2D eigenvalue weighted by molar-refractivity contribution is 5.14. The normalized spacial score (nSPS) is 8.33. The molecule has 2 aromatic rings. The Labute approximate surface area is 112 Å². The Morgan fingerprint density at radius 2 is 1.22 bits per heavy atom. The largest absolute Gasteiger partial charge is 0.106 e. The van der Waals surface area contributed by atoms with E-state index in [0.29, 0.717) is 0 Å². The van der Waals surface area contributed by atoms with Crippen LogP contribution in [-0.2, 0) is 6.42 Å². The summed E-state index contributed by atoms with van der Waals surface area (Å²) in [5, 5.41) is 0. The number of benzene rings is 2. The van der Waals surface area contributed by atoms with Crippen molar-refractivity contribution < 1.29 is 0 Å². The zero-order valence-electron chi connectivity index (χ0n) is 11.6. The Balaban J connectivity index is 0.000000289. The Morgan fingerprint density at radius 1 is 0.778 bits per heavy atom. The molecule has 0 aliphatic carbocycles. The molecule has 96 valence electrons. The van der Waals surface area contributed by atoms with Crippen LogP contribution in [0.15, 0.2) is 73.8 Å². The van der Waals surface area contributed by atoms with Gasteiger partial charge in [-0.15, -0.1) is 13.2 Å². The van der Waals surface area contributed by atoms with E-state index in [2.05, 4.69) is 69.5 Å². The van der Waals surface area contributed by atoms with Crippen molar-refractivity contribution in [2.75, 3.05) is 0 Å². The first-order valence-corrected chi connectivity index (χ1v) is 6.38. The molecule has 0 fully saturated rings. The van der Waals surface area contributed by atoms with Gasteiger partial charge < -0.3 is 0 Å². The first-order chi connectivity index (χ1) is 8.83. The monoisotopic (exact) mass is 240 g/mol. The van der Waals surface area contributed by atoms with Crippen LogP contribution in [-0.4, -0.2) is 0 Å². The molecule has 2 aromatic carbocycles. The van der Waals surface area contributed by atoms with Crippen LogP contribution in [0.3, 0.4) is 0 Å². The van der Waals surface area contributed by atoms with Gasteiger partial charge in [-0.2, -0.15) is 0 Å². The molecule has 0 aliphatic rings. The van der Waals surface area contributed by atoms with Crippen molar-refractivity contribution in [3.63, 3.8) is 0 Å². The minimum atomic E-state index is 1.21. The van der Waals surface area contributed by atoms with Gasteiger partial charge >= 0.3 is 0 Å². The summed E-state index contributed by atoms with van der Waals surface area (Å²) in [4.78, 5) is 0. The van der Waals surface area contributed by atoms with Crippen LogP contribution in [0.2, 0.25) is 0 Å². The molecule has 0 saturated carbocycles. The first kappa shape index (κ1) is 16.2. The molecule has 0 heteroatoms. The maximum atomic E-state index is 3.00. The minimum Gasteiger partial charge on any atom is -0.106 e. The van der Waals surface area contributed by atoms with Crippen LogP contribution in [0.4, 0.5) is 0 Å². The second-order valence-corrected chi connectivity index (χ2v) is 3.89. The van der Waals surface area contributed by atoms with Gasteiger partial charge in [-0.3, -0.25) is 0 Å². The molecule has 18 heavy (non-hydrogen) atoms. The molecule has 0 aromatic heterocycles. The lowest BCUT2D eigenvalue weighted by Gasteiger charge is -1.93. The predicted molar refractivity (Wildman–Crippen MR) is 82.9 cm³/mol. The van der Waals surface area contributed by atoms with Crippen molar-refractivity contribution in [1.29, 1.82) is 0 Å². The van der Waals surface area contributed by atoms with Crippen LogP contribution in [0.1, 0.15) is 24.5 Å². The van der Waals surface area contributed by atoms with Crippen LogP contribution in [0.5, 0.6) is 0 Å². The van der Waals surface area contributed by atoms with E-state index in [9.17, 15) is 0 Å². The Hall–Kier alpha value is -1.82. The standard InChI is InChI=1S/C9H12.C7H8.C2H4/c1-2-6-9-7-4-3-5-8-9;1-7-5-3-2-4-6-7;1-2/h3-5,7-8H,2,6H2,1H3;2-6H,1H3;1-2H2. The van der Waals surface area contributed by atoms with E-state index in [1.807, 2.05) is 18.2 Å². The van der Waals surface area contributed by atoms with Crippen LogP contribution in [0, 0.1) is 6.92 Å². The third-order valence-corrected chi connectivity index (χ3v) is 2.32. The van der Waals surface area contributed by atoms with Crippen molar-refractivity contribution in [2.45, 2.75) is 26.7 Å². The molecule has 0 saturated heterocycles. The Kier molecular flexibility index (Phi) is 10.5. The lowest BCUT2D eigenvalue weighted by molar-refractivity contribution is 0.922. The number of aryl methyl sites for hydroxylation is 2.